The molecule has 4 amide bonds. The molecule has 1 atom stereocenters. The van der Waals surface area contributed by atoms with Crippen LogP contribution in [0, 0.1) is 5.82 Å². The average Bonchev–Trinajstić information content (AvgIpc) is 3.17. The molecule has 0 bridgehead atoms. The largest absolute Gasteiger partial charge is 0.497 e. The first-order valence-electron chi connectivity index (χ1n) is 11.2. The van der Waals surface area contributed by atoms with Gasteiger partial charge in [0.25, 0.3) is 11.8 Å². The fraction of sp³-hybridized carbons (Fsp3) is 0.185. The quantitative estimate of drug-likeness (QED) is 0.510. The highest BCUT2D eigenvalue weighted by atomic mass is 19.1. The van der Waals surface area contributed by atoms with E-state index >= 15 is 0 Å². The lowest BCUT2D eigenvalue weighted by Crippen LogP contribution is -2.45. The van der Waals surface area contributed by atoms with Gasteiger partial charge in [0.15, 0.2) is 0 Å². The van der Waals surface area contributed by atoms with E-state index in [2.05, 4.69) is 5.32 Å². The summed E-state index contributed by atoms with van der Waals surface area (Å²) in [6.45, 7) is 1.38. The van der Waals surface area contributed by atoms with Gasteiger partial charge in [0, 0.05) is 24.7 Å². The third kappa shape index (κ3) is 5.25. The molecule has 3 aromatic rings. The van der Waals surface area contributed by atoms with Crippen LogP contribution in [-0.2, 0) is 20.9 Å². The Morgan fingerprint density at radius 2 is 1.64 bits per heavy atom. The first kappa shape index (κ1) is 24.6. The van der Waals surface area contributed by atoms with Crippen molar-refractivity contribution < 1.29 is 28.3 Å². The third-order valence-corrected chi connectivity index (χ3v) is 5.81. The highest BCUT2D eigenvalue weighted by Gasteiger charge is 2.44. The Morgan fingerprint density at radius 3 is 2.22 bits per heavy atom. The van der Waals surface area contributed by atoms with Gasteiger partial charge in [-0.25, -0.2) is 9.29 Å². The first-order chi connectivity index (χ1) is 17.3. The molecule has 1 unspecified atom stereocenters. The van der Waals surface area contributed by atoms with Crippen LogP contribution < -0.4 is 15.0 Å². The van der Waals surface area contributed by atoms with Crippen molar-refractivity contribution in [2.45, 2.75) is 25.9 Å². The number of methoxy groups -OCH3 is 1. The summed E-state index contributed by atoms with van der Waals surface area (Å²) in [4.78, 5) is 53.6. The summed E-state index contributed by atoms with van der Waals surface area (Å²) >= 11 is 0. The zero-order valence-corrected chi connectivity index (χ0v) is 19.7. The Labute approximate surface area is 207 Å². The van der Waals surface area contributed by atoms with Gasteiger partial charge in [-0.2, -0.15) is 0 Å². The van der Waals surface area contributed by atoms with Crippen LogP contribution in [-0.4, -0.2) is 41.7 Å². The molecule has 4 rings (SSSR count). The SMILES string of the molecule is COc1ccc(C(=O)N(Cc2ccc(F)cc2)C2CC(=O)N(c3ccc(NC(C)=O)cc3)C2=O)cc1. The summed E-state index contributed by atoms with van der Waals surface area (Å²) in [5.74, 6) is -1.55. The molecule has 0 aliphatic carbocycles. The lowest BCUT2D eigenvalue weighted by atomic mass is 10.1. The molecular weight excluding hydrogens is 465 g/mol. The molecule has 1 N–H and O–H groups in total. The number of amides is 4. The second kappa shape index (κ2) is 10.4. The third-order valence-electron chi connectivity index (χ3n) is 5.81. The highest BCUT2D eigenvalue weighted by molar-refractivity contribution is 6.23. The van der Waals surface area contributed by atoms with Crippen LogP contribution in [0.15, 0.2) is 72.8 Å². The number of imide groups is 1. The maximum absolute atomic E-state index is 13.5. The van der Waals surface area contributed by atoms with Crippen LogP contribution >= 0.6 is 0 Å². The van der Waals surface area contributed by atoms with E-state index in [1.807, 2.05) is 0 Å². The van der Waals surface area contributed by atoms with Crippen molar-refractivity contribution in [1.29, 1.82) is 0 Å². The Bertz CT molecular complexity index is 1290. The zero-order chi connectivity index (χ0) is 25.8. The lowest BCUT2D eigenvalue weighted by molar-refractivity contribution is -0.122. The van der Waals surface area contributed by atoms with Crippen LogP contribution in [0.5, 0.6) is 5.75 Å². The van der Waals surface area contributed by atoms with Gasteiger partial charge in [-0.3, -0.25) is 19.2 Å². The molecule has 1 heterocycles. The predicted octanol–water partition coefficient (Wildman–Crippen LogP) is 3.77. The molecule has 3 aromatic carbocycles. The number of halogens is 1. The number of rotatable bonds is 7. The van der Waals surface area contributed by atoms with Crippen LogP contribution in [0.1, 0.15) is 29.3 Å². The highest BCUT2D eigenvalue weighted by Crippen LogP contribution is 2.29. The van der Waals surface area contributed by atoms with E-state index in [0.29, 0.717) is 28.3 Å². The standard InChI is InChI=1S/C27H24FN3O5/c1-17(32)29-21-9-11-22(12-10-21)31-25(33)15-24(27(31)35)30(16-18-3-7-20(28)8-4-18)26(34)19-5-13-23(36-2)14-6-19/h3-14,24H,15-16H2,1-2H3,(H,29,32). The van der Waals surface area contributed by atoms with Gasteiger partial charge in [-0.1, -0.05) is 12.1 Å². The topological polar surface area (TPSA) is 96.0 Å². The lowest BCUT2D eigenvalue weighted by Gasteiger charge is -2.28. The average molecular weight is 490 g/mol. The Hall–Kier alpha value is -4.53. The van der Waals surface area contributed by atoms with E-state index in [9.17, 15) is 23.6 Å². The van der Waals surface area contributed by atoms with Crippen LogP contribution in [0.2, 0.25) is 0 Å². The summed E-state index contributed by atoms with van der Waals surface area (Å²) in [5, 5.41) is 2.63. The van der Waals surface area contributed by atoms with Gasteiger partial charge in [0.05, 0.1) is 19.2 Å². The van der Waals surface area contributed by atoms with E-state index in [-0.39, 0.29) is 18.9 Å². The summed E-state index contributed by atoms with van der Waals surface area (Å²) in [6, 6.07) is 17.3. The second-order valence-corrected chi connectivity index (χ2v) is 8.30. The molecule has 1 aliphatic heterocycles. The first-order valence-corrected chi connectivity index (χ1v) is 11.2. The molecule has 0 spiro atoms. The molecule has 1 fully saturated rings. The number of carbonyl (C=O) groups excluding carboxylic acids is 4. The van der Waals surface area contributed by atoms with Gasteiger partial charge < -0.3 is 15.0 Å². The van der Waals surface area contributed by atoms with Crippen molar-refractivity contribution in [3.63, 3.8) is 0 Å². The number of hydrogen-bond donors (Lipinski definition) is 1. The molecular formula is C27H24FN3O5. The van der Waals surface area contributed by atoms with Crippen molar-refractivity contribution in [2.75, 3.05) is 17.3 Å². The normalized spacial score (nSPS) is 15.1. The number of nitrogens with zero attached hydrogens (tertiary/aromatic N) is 2. The van der Waals surface area contributed by atoms with Crippen molar-refractivity contribution in [3.8, 4) is 5.75 Å². The fourth-order valence-electron chi connectivity index (χ4n) is 4.04. The molecule has 1 saturated heterocycles. The smallest absolute Gasteiger partial charge is 0.257 e. The molecule has 36 heavy (non-hydrogen) atoms. The number of carbonyl (C=O) groups is 4. The number of nitrogens with one attached hydrogen (secondary N) is 1. The van der Waals surface area contributed by atoms with Gasteiger partial charge in [0.2, 0.25) is 11.8 Å². The molecule has 9 heteroatoms. The zero-order valence-electron chi connectivity index (χ0n) is 19.7. The van der Waals surface area contributed by atoms with Crippen LogP contribution in [0.4, 0.5) is 15.8 Å². The maximum Gasteiger partial charge on any atom is 0.257 e. The van der Waals surface area contributed by atoms with E-state index in [1.54, 1.807) is 48.5 Å². The monoisotopic (exact) mass is 489 g/mol. The van der Waals surface area contributed by atoms with Gasteiger partial charge in [0.1, 0.15) is 17.6 Å². The van der Waals surface area contributed by atoms with E-state index in [0.717, 1.165) is 4.90 Å². The minimum absolute atomic E-state index is 0.00411. The molecule has 0 aromatic heterocycles. The minimum atomic E-state index is -1.05. The Balaban J connectivity index is 1.64. The van der Waals surface area contributed by atoms with Crippen molar-refractivity contribution in [1.82, 2.24) is 4.90 Å². The molecule has 1 aliphatic rings. The second-order valence-electron chi connectivity index (χ2n) is 8.30. The molecule has 8 nitrogen and oxygen atoms in total. The number of anilines is 2. The Morgan fingerprint density at radius 1 is 1.00 bits per heavy atom. The molecule has 0 radical (unpaired) electrons. The van der Waals surface area contributed by atoms with E-state index in [1.165, 1.54) is 43.2 Å². The van der Waals surface area contributed by atoms with Crippen molar-refractivity contribution in [3.05, 3.63) is 89.7 Å². The van der Waals surface area contributed by atoms with Crippen LogP contribution in [0.3, 0.4) is 0 Å². The molecule has 184 valence electrons. The number of benzene rings is 3. The Kier molecular flexibility index (Phi) is 7.10. The van der Waals surface area contributed by atoms with Gasteiger partial charge >= 0.3 is 0 Å². The number of hydrogen-bond acceptors (Lipinski definition) is 5. The predicted molar refractivity (Wildman–Crippen MR) is 131 cm³/mol. The van der Waals surface area contributed by atoms with Crippen molar-refractivity contribution >= 4 is 35.0 Å². The fourth-order valence-corrected chi connectivity index (χ4v) is 4.04. The minimum Gasteiger partial charge on any atom is -0.497 e. The van der Waals surface area contributed by atoms with Crippen LogP contribution in [0.25, 0.3) is 0 Å². The van der Waals surface area contributed by atoms with E-state index in [4.69, 9.17) is 4.74 Å². The van der Waals surface area contributed by atoms with Gasteiger partial charge in [-0.15, -0.1) is 0 Å². The number of ether oxygens (including phenoxy) is 1. The summed E-state index contributed by atoms with van der Waals surface area (Å²) in [7, 11) is 1.51. The summed E-state index contributed by atoms with van der Waals surface area (Å²) in [5.41, 5.74) is 1.78. The summed E-state index contributed by atoms with van der Waals surface area (Å²) in [6.07, 6.45) is -0.199. The summed E-state index contributed by atoms with van der Waals surface area (Å²) < 4.78 is 18.6. The molecule has 0 saturated carbocycles. The van der Waals surface area contributed by atoms with Gasteiger partial charge in [-0.05, 0) is 66.2 Å². The van der Waals surface area contributed by atoms with E-state index < -0.39 is 29.6 Å². The van der Waals surface area contributed by atoms with Crippen molar-refractivity contribution in [2.24, 2.45) is 0 Å². The maximum atomic E-state index is 13.5.